The van der Waals surface area contributed by atoms with E-state index in [2.05, 4.69) is 10.4 Å². The maximum absolute atomic E-state index is 11.8. The number of carbonyl (C=O) groups is 1. The van der Waals surface area contributed by atoms with E-state index >= 15 is 0 Å². The van der Waals surface area contributed by atoms with Crippen LogP contribution >= 0.6 is 11.6 Å². The standard InChI is InChI=1S/C10H16ClN3O/c1-4-14-9(5-7(2)13-14)10(15)12-8(3)6-11/h5,8H,4,6H2,1-3H3,(H,12,15). The summed E-state index contributed by atoms with van der Waals surface area (Å²) in [5.41, 5.74) is 1.44. The molecule has 0 bridgehead atoms. The summed E-state index contributed by atoms with van der Waals surface area (Å²) in [7, 11) is 0. The molecule has 0 aliphatic rings. The zero-order valence-electron chi connectivity index (χ0n) is 9.25. The molecule has 0 aliphatic heterocycles. The molecule has 1 aromatic rings. The molecule has 0 saturated heterocycles. The monoisotopic (exact) mass is 229 g/mol. The normalized spacial score (nSPS) is 12.5. The van der Waals surface area contributed by atoms with E-state index in [0.717, 1.165) is 5.69 Å². The van der Waals surface area contributed by atoms with Crippen molar-refractivity contribution >= 4 is 17.5 Å². The summed E-state index contributed by atoms with van der Waals surface area (Å²) < 4.78 is 1.69. The summed E-state index contributed by atoms with van der Waals surface area (Å²) in [4.78, 5) is 11.8. The molecule has 0 radical (unpaired) electrons. The first-order valence-electron chi connectivity index (χ1n) is 4.99. The van der Waals surface area contributed by atoms with Gasteiger partial charge in [0.1, 0.15) is 5.69 Å². The van der Waals surface area contributed by atoms with Crippen molar-refractivity contribution in [3.63, 3.8) is 0 Å². The molecule has 0 aromatic carbocycles. The Kier molecular flexibility index (Phi) is 4.15. The molecule has 4 nitrogen and oxygen atoms in total. The van der Waals surface area contributed by atoms with Crippen molar-refractivity contribution in [2.24, 2.45) is 0 Å². The summed E-state index contributed by atoms with van der Waals surface area (Å²) in [5.74, 6) is 0.288. The number of halogens is 1. The van der Waals surface area contributed by atoms with Crippen LogP contribution in [0.3, 0.4) is 0 Å². The number of nitrogens with zero attached hydrogens (tertiary/aromatic N) is 2. The van der Waals surface area contributed by atoms with Crippen LogP contribution in [0.1, 0.15) is 30.0 Å². The van der Waals surface area contributed by atoms with Crippen molar-refractivity contribution in [2.45, 2.75) is 33.4 Å². The minimum atomic E-state index is -0.120. The number of carbonyl (C=O) groups excluding carboxylic acids is 1. The van der Waals surface area contributed by atoms with E-state index in [1.165, 1.54) is 0 Å². The molecule has 5 heteroatoms. The fraction of sp³-hybridized carbons (Fsp3) is 0.600. The average molecular weight is 230 g/mol. The third kappa shape index (κ3) is 2.96. The van der Waals surface area contributed by atoms with Gasteiger partial charge in [-0.3, -0.25) is 9.48 Å². The maximum atomic E-state index is 11.8. The van der Waals surface area contributed by atoms with E-state index in [9.17, 15) is 4.79 Å². The minimum Gasteiger partial charge on any atom is -0.347 e. The lowest BCUT2D eigenvalue weighted by molar-refractivity contribution is 0.0933. The summed E-state index contributed by atoms with van der Waals surface area (Å²) in [6.07, 6.45) is 0. The minimum absolute atomic E-state index is 0.0281. The molecule has 1 atom stereocenters. The average Bonchev–Trinajstić information content (AvgIpc) is 2.59. The van der Waals surface area contributed by atoms with Crippen molar-refractivity contribution in [3.05, 3.63) is 17.5 Å². The third-order valence-electron chi connectivity index (χ3n) is 2.04. The van der Waals surface area contributed by atoms with Gasteiger partial charge in [-0.05, 0) is 26.8 Å². The second-order valence-corrected chi connectivity index (χ2v) is 3.82. The van der Waals surface area contributed by atoms with Crippen molar-refractivity contribution in [1.29, 1.82) is 0 Å². The molecule has 1 amide bonds. The molecule has 1 rings (SSSR count). The molecule has 0 aliphatic carbocycles. The molecule has 1 aromatic heterocycles. The van der Waals surface area contributed by atoms with E-state index in [1.54, 1.807) is 10.7 Å². The molecule has 15 heavy (non-hydrogen) atoms. The van der Waals surface area contributed by atoms with E-state index in [1.807, 2.05) is 20.8 Å². The highest BCUT2D eigenvalue weighted by molar-refractivity contribution is 6.18. The Balaban J connectivity index is 2.81. The Labute approximate surface area is 94.6 Å². The van der Waals surface area contributed by atoms with Gasteiger partial charge in [-0.25, -0.2) is 0 Å². The van der Waals surface area contributed by atoms with Crippen molar-refractivity contribution in [1.82, 2.24) is 15.1 Å². The molecular weight excluding hydrogens is 214 g/mol. The van der Waals surface area contributed by atoms with Gasteiger partial charge in [0.2, 0.25) is 0 Å². The largest absolute Gasteiger partial charge is 0.347 e. The summed E-state index contributed by atoms with van der Waals surface area (Å²) >= 11 is 5.63. The Hall–Kier alpha value is -1.03. The number of hydrogen-bond acceptors (Lipinski definition) is 2. The smallest absolute Gasteiger partial charge is 0.269 e. The zero-order valence-corrected chi connectivity index (χ0v) is 10.0. The Bertz CT molecular complexity index is 348. The van der Waals surface area contributed by atoms with E-state index < -0.39 is 0 Å². The van der Waals surface area contributed by atoms with Crippen LogP contribution < -0.4 is 5.32 Å². The Morgan fingerprint density at radius 2 is 2.40 bits per heavy atom. The van der Waals surface area contributed by atoms with E-state index in [4.69, 9.17) is 11.6 Å². The quantitative estimate of drug-likeness (QED) is 0.797. The van der Waals surface area contributed by atoms with E-state index in [0.29, 0.717) is 18.1 Å². The first-order chi connectivity index (χ1) is 7.08. The predicted molar refractivity (Wildman–Crippen MR) is 60.3 cm³/mol. The first-order valence-corrected chi connectivity index (χ1v) is 5.53. The zero-order chi connectivity index (χ0) is 11.4. The molecule has 0 fully saturated rings. The van der Waals surface area contributed by atoms with Crippen LogP contribution in [0.15, 0.2) is 6.07 Å². The van der Waals surface area contributed by atoms with Gasteiger partial charge < -0.3 is 5.32 Å². The van der Waals surface area contributed by atoms with Crippen LogP contribution in [0.25, 0.3) is 0 Å². The van der Waals surface area contributed by atoms with Gasteiger partial charge in [-0.2, -0.15) is 5.10 Å². The number of hydrogen-bond donors (Lipinski definition) is 1. The lowest BCUT2D eigenvalue weighted by Gasteiger charge is -2.10. The van der Waals surface area contributed by atoms with Gasteiger partial charge in [0.05, 0.1) is 5.69 Å². The molecule has 1 heterocycles. The number of nitrogens with one attached hydrogen (secondary N) is 1. The highest BCUT2D eigenvalue weighted by atomic mass is 35.5. The second kappa shape index (κ2) is 5.16. The number of aromatic nitrogens is 2. The fourth-order valence-corrected chi connectivity index (χ4v) is 1.38. The van der Waals surface area contributed by atoms with Gasteiger partial charge in [0, 0.05) is 18.5 Å². The first kappa shape index (κ1) is 12.0. The molecule has 0 spiro atoms. The van der Waals surface area contributed by atoms with Crippen LogP contribution in [0.2, 0.25) is 0 Å². The Morgan fingerprint density at radius 3 is 2.93 bits per heavy atom. The number of alkyl halides is 1. The number of amides is 1. The highest BCUT2D eigenvalue weighted by Crippen LogP contribution is 2.04. The van der Waals surface area contributed by atoms with Crippen molar-refractivity contribution in [3.8, 4) is 0 Å². The van der Waals surface area contributed by atoms with Crippen LogP contribution in [0.5, 0.6) is 0 Å². The third-order valence-corrected chi connectivity index (χ3v) is 2.51. The summed E-state index contributed by atoms with van der Waals surface area (Å²) in [6.45, 7) is 6.37. The summed E-state index contributed by atoms with van der Waals surface area (Å²) in [5, 5.41) is 7.01. The maximum Gasteiger partial charge on any atom is 0.269 e. The molecule has 0 saturated carbocycles. The molecular formula is C10H16ClN3O. The lowest BCUT2D eigenvalue weighted by Crippen LogP contribution is -2.35. The van der Waals surface area contributed by atoms with Crippen LogP contribution in [0, 0.1) is 6.92 Å². The van der Waals surface area contributed by atoms with E-state index in [-0.39, 0.29) is 11.9 Å². The molecule has 1 N–H and O–H groups in total. The van der Waals surface area contributed by atoms with Gasteiger partial charge in [0.15, 0.2) is 0 Å². The number of rotatable bonds is 4. The van der Waals surface area contributed by atoms with Crippen molar-refractivity contribution in [2.75, 3.05) is 5.88 Å². The van der Waals surface area contributed by atoms with Gasteiger partial charge in [-0.1, -0.05) is 0 Å². The number of aryl methyl sites for hydroxylation is 2. The van der Waals surface area contributed by atoms with Gasteiger partial charge >= 0.3 is 0 Å². The van der Waals surface area contributed by atoms with Crippen LogP contribution in [-0.4, -0.2) is 27.6 Å². The summed E-state index contributed by atoms with van der Waals surface area (Å²) in [6, 6.07) is 1.75. The van der Waals surface area contributed by atoms with Crippen LogP contribution in [-0.2, 0) is 6.54 Å². The van der Waals surface area contributed by atoms with Crippen molar-refractivity contribution < 1.29 is 4.79 Å². The molecule has 1 unspecified atom stereocenters. The predicted octanol–water partition coefficient (Wildman–Crippen LogP) is 1.57. The lowest BCUT2D eigenvalue weighted by atomic mass is 10.3. The Morgan fingerprint density at radius 1 is 1.73 bits per heavy atom. The SMILES string of the molecule is CCn1nc(C)cc1C(=O)NC(C)CCl. The van der Waals surface area contributed by atoms with Crippen LogP contribution in [0.4, 0.5) is 0 Å². The van der Waals surface area contributed by atoms with Gasteiger partial charge in [-0.15, -0.1) is 11.6 Å². The second-order valence-electron chi connectivity index (χ2n) is 3.52. The highest BCUT2D eigenvalue weighted by Gasteiger charge is 2.14. The van der Waals surface area contributed by atoms with Gasteiger partial charge in [0.25, 0.3) is 5.91 Å². The fourth-order valence-electron chi connectivity index (χ4n) is 1.31. The topological polar surface area (TPSA) is 46.9 Å². The molecule has 84 valence electrons.